The molecule has 0 spiro atoms. The number of hydrogen-bond acceptors (Lipinski definition) is 7. The number of Topliss-reactive ketones (excluding diaryl/α,β-unsaturated/α-hetero) is 1. The number of rotatable bonds is 3. The van der Waals surface area contributed by atoms with E-state index in [1.54, 1.807) is 6.92 Å². The number of ether oxygens (including phenoxy) is 1. The van der Waals surface area contributed by atoms with E-state index in [-0.39, 0.29) is 35.6 Å². The first-order valence-corrected chi connectivity index (χ1v) is 15.0. The van der Waals surface area contributed by atoms with Gasteiger partial charge in [0.05, 0.1) is 30.7 Å². The molecule has 4 unspecified atom stereocenters. The molecule has 3 aliphatic carbocycles. The normalized spacial score (nSPS) is 27.1. The van der Waals surface area contributed by atoms with Crippen LogP contribution in [0.15, 0.2) is 70.8 Å². The molecule has 8 nitrogen and oxygen atoms in total. The van der Waals surface area contributed by atoms with Crippen LogP contribution in [0.4, 0.5) is 11.4 Å². The van der Waals surface area contributed by atoms with Crippen LogP contribution in [-0.2, 0) is 23.9 Å². The number of benzene rings is 2. The molecular formula is C35H34N2O6. The number of phenols is 1. The fourth-order valence-corrected chi connectivity index (χ4v) is 7.79. The van der Waals surface area contributed by atoms with Crippen molar-refractivity contribution in [3.63, 3.8) is 0 Å². The summed E-state index contributed by atoms with van der Waals surface area (Å²) in [5.41, 5.74) is 5.91. The van der Waals surface area contributed by atoms with Gasteiger partial charge >= 0.3 is 0 Å². The summed E-state index contributed by atoms with van der Waals surface area (Å²) in [6.07, 6.45) is 4.05. The van der Waals surface area contributed by atoms with E-state index in [0.29, 0.717) is 53.2 Å². The minimum absolute atomic E-state index is 0.166. The number of imide groups is 1. The Bertz CT molecular complexity index is 1670. The predicted molar refractivity (Wildman–Crippen MR) is 161 cm³/mol. The smallest absolute Gasteiger partial charge is 0.238 e. The number of carbonyl (C=O) groups is 4. The molecular weight excluding hydrogens is 544 g/mol. The van der Waals surface area contributed by atoms with Crippen LogP contribution in [0.5, 0.6) is 5.75 Å². The summed E-state index contributed by atoms with van der Waals surface area (Å²) in [5, 5.41) is 10.5. The summed E-state index contributed by atoms with van der Waals surface area (Å²) in [4.78, 5) is 58.6. The van der Waals surface area contributed by atoms with Gasteiger partial charge in [-0.25, -0.2) is 0 Å². The molecule has 1 N–H and O–H groups in total. The van der Waals surface area contributed by atoms with E-state index < -0.39 is 23.7 Å². The van der Waals surface area contributed by atoms with Gasteiger partial charge in [0.25, 0.3) is 0 Å². The number of morpholine rings is 1. The van der Waals surface area contributed by atoms with Gasteiger partial charge in [0.1, 0.15) is 5.75 Å². The van der Waals surface area contributed by atoms with Crippen LogP contribution in [0.25, 0.3) is 0 Å². The van der Waals surface area contributed by atoms with Crippen molar-refractivity contribution in [1.29, 1.82) is 0 Å². The van der Waals surface area contributed by atoms with Crippen molar-refractivity contribution < 1.29 is 29.0 Å². The molecule has 4 atom stereocenters. The number of aromatic hydroxyl groups is 1. The minimum Gasteiger partial charge on any atom is -0.507 e. The van der Waals surface area contributed by atoms with Crippen LogP contribution in [0.3, 0.4) is 0 Å². The first-order chi connectivity index (χ1) is 20.7. The zero-order valence-corrected chi connectivity index (χ0v) is 24.6. The maximum absolute atomic E-state index is 14.2. The van der Waals surface area contributed by atoms with E-state index in [1.807, 2.05) is 56.3 Å². The van der Waals surface area contributed by atoms with Crippen molar-refractivity contribution in [3.05, 3.63) is 87.5 Å². The number of phenolic OH excluding ortho intramolecular Hbond substituents is 1. The number of allylic oxidation sites excluding steroid dienone is 6. The van der Waals surface area contributed by atoms with Crippen LogP contribution in [0, 0.1) is 31.6 Å². The maximum Gasteiger partial charge on any atom is 0.238 e. The highest BCUT2D eigenvalue weighted by atomic mass is 16.5. The van der Waals surface area contributed by atoms with Crippen molar-refractivity contribution in [2.24, 2.45) is 17.8 Å². The van der Waals surface area contributed by atoms with Gasteiger partial charge < -0.3 is 14.7 Å². The monoisotopic (exact) mass is 578 g/mol. The number of fused-ring (bicyclic) bond motifs is 3. The lowest BCUT2D eigenvalue weighted by atomic mass is 9.59. The third-order valence-corrected chi connectivity index (χ3v) is 9.90. The van der Waals surface area contributed by atoms with Crippen LogP contribution in [0.2, 0.25) is 0 Å². The van der Waals surface area contributed by atoms with Gasteiger partial charge in [-0.2, -0.15) is 0 Å². The lowest BCUT2D eigenvalue weighted by Gasteiger charge is -2.42. The van der Waals surface area contributed by atoms with Gasteiger partial charge in [-0.15, -0.1) is 0 Å². The molecule has 2 fully saturated rings. The maximum atomic E-state index is 14.2. The third-order valence-electron chi connectivity index (χ3n) is 9.90. The van der Waals surface area contributed by atoms with Crippen molar-refractivity contribution in [3.8, 4) is 5.75 Å². The Labute approximate surface area is 250 Å². The van der Waals surface area contributed by atoms with Gasteiger partial charge in [-0.05, 0) is 86.6 Å². The highest BCUT2D eigenvalue weighted by Crippen LogP contribution is 2.55. The Morgan fingerprint density at radius 3 is 2.19 bits per heavy atom. The Morgan fingerprint density at radius 2 is 1.51 bits per heavy atom. The zero-order chi connectivity index (χ0) is 30.2. The lowest BCUT2D eigenvalue weighted by molar-refractivity contribution is -0.123. The molecule has 2 heterocycles. The molecule has 220 valence electrons. The van der Waals surface area contributed by atoms with Gasteiger partial charge in [0.2, 0.25) is 11.8 Å². The largest absolute Gasteiger partial charge is 0.507 e. The summed E-state index contributed by atoms with van der Waals surface area (Å²) in [5.74, 6) is -2.75. The molecule has 2 aromatic carbocycles. The Balaban J connectivity index is 1.28. The van der Waals surface area contributed by atoms with Crippen LogP contribution < -0.4 is 9.80 Å². The molecule has 2 saturated heterocycles. The van der Waals surface area contributed by atoms with Crippen LogP contribution >= 0.6 is 0 Å². The second-order valence-corrected chi connectivity index (χ2v) is 12.4. The average Bonchev–Trinajstić information content (AvgIpc) is 3.27. The lowest BCUT2D eigenvalue weighted by Crippen LogP contribution is -2.40. The highest BCUT2D eigenvalue weighted by molar-refractivity contribution is 6.25. The molecule has 8 heteroatoms. The molecule has 0 radical (unpaired) electrons. The van der Waals surface area contributed by atoms with Gasteiger partial charge in [0, 0.05) is 41.4 Å². The van der Waals surface area contributed by atoms with E-state index in [2.05, 4.69) is 4.90 Å². The van der Waals surface area contributed by atoms with E-state index in [9.17, 15) is 24.3 Å². The van der Waals surface area contributed by atoms with Crippen molar-refractivity contribution in [2.75, 3.05) is 36.1 Å². The van der Waals surface area contributed by atoms with Crippen LogP contribution in [0.1, 0.15) is 42.4 Å². The van der Waals surface area contributed by atoms with Gasteiger partial charge in [0.15, 0.2) is 11.6 Å². The van der Waals surface area contributed by atoms with Gasteiger partial charge in [-0.3, -0.25) is 24.1 Å². The van der Waals surface area contributed by atoms with Crippen molar-refractivity contribution >= 4 is 34.8 Å². The molecule has 0 bridgehead atoms. The number of anilines is 2. The quantitative estimate of drug-likeness (QED) is 0.325. The summed E-state index contributed by atoms with van der Waals surface area (Å²) >= 11 is 0. The number of carbonyl (C=O) groups excluding carboxylic acids is 4. The Hall–Kier alpha value is -4.30. The SMILES string of the molecule is CC1=CC(=O)C2=C(C1=O)C(c1cc(C)c(O)c(C)c1)C1=CCC3C(=O)N(c4ccc(N5CCOCC5)cc4)C(=O)C3C1C2. The molecule has 0 aromatic heterocycles. The van der Waals surface area contributed by atoms with Crippen molar-refractivity contribution in [1.82, 2.24) is 0 Å². The molecule has 7 rings (SSSR count). The third kappa shape index (κ3) is 4.22. The number of nitrogens with zero attached hydrogens (tertiary/aromatic N) is 2. The second-order valence-electron chi connectivity index (χ2n) is 12.4. The predicted octanol–water partition coefficient (Wildman–Crippen LogP) is 4.48. The highest BCUT2D eigenvalue weighted by Gasteiger charge is 2.56. The Kier molecular flexibility index (Phi) is 6.50. The van der Waals surface area contributed by atoms with E-state index in [1.165, 1.54) is 11.0 Å². The standard InChI is InChI=1S/C35H34N2O6/c1-18-14-21(15-19(2)32(18)39)29-24-8-9-25-30(26(24)17-27-28(38)16-20(3)33(40)31(27)29)35(42)37(34(25)41)23-6-4-22(5-7-23)36-10-12-43-13-11-36/h4-8,14-16,25-26,29-30,39H,9-13,17H2,1-3H3. The van der Waals surface area contributed by atoms with Crippen LogP contribution in [-0.4, -0.2) is 54.8 Å². The van der Waals surface area contributed by atoms with Gasteiger partial charge in [-0.1, -0.05) is 23.8 Å². The molecule has 5 aliphatic rings. The molecule has 0 saturated carbocycles. The van der Waals surface area contributed by atoms with E-state index in [4.69, 9.17) is 4.74 Å². The summed E-state index contributed by atoms with van der Waals surface area (Å²) < 4.78 is 5.45. The number of hydrogen-bond donors (Lipinski definition) is 1. The zero-order valence-electron chi connectivity index (χ0n) is 24.6. The Morgan fingerprint density at radius 1 is 0.860 bits per heavy atom. The molecule has 43 heavy (non-hydrogen) atoms. The molecule has 2 amide bonds. The van der Waals surface area contributed by atoms with Crippen molar-refractivity contribution in [2.45, 2.75) is 39.5 Å². The number of amides is 2. The minimum atomic E-state index is -0.628. The fraction of sp³-hybridized carbons (Fsp3) is 0.371. The van der Waals surface area contributed by atoms with E-state index >= 15 is 0 Å². The fourth-order valence-electron chi connectivity index (χ4n) is 7.79. The first-order valence-electron chi connectivity index (χ1n) is 15.0. The molecule has 2 aromatic rings. The second kappa shape index (κ2) is 10.2. The van der Waals surface area contributed by atoms with E-state index in [0.717, 1.165) is 29.9 Å². The summed E-state index contributed by atoms with van der Waals surface area (Å²) in [6.45, 7) is 8.19. The summed E-state index contributed by atoms with van der Waals surface area (Å²) in [6, 6.07) is 11.3. The average molecular weight is 579 g/mol. The topological polar surface area (TPSA) is 104 Å². The summed E-state index contributed by atoms with van der Waals surface area (Å²) in [7, 11) is 0. The molecule has 2 aliphatic heterocycles. The first kappa shape index (κ1) is 27.5. The number of aryl methyl sites for hydroxylation is 2. The number of ketones is 2.